The summed E-state index contributed by atoms with van der Waals surface area (Å²) in [5.41, 5.74) is 3.66. The molecule has 1 aromatic carbocycles. The summed E-state index contributed by atoms with van der Waals surface area (Å²) in [6, 6.07) is 13.7. The van der Waals surface area contributed by atoms with E-state index in [0.717, 1.165) is 35.9 Å². The topological polar surface area (TPSA) is 64.5 Å². The third-order valence-electron chi connectivity index (χ3n) is 5.48. The SMILES string of the molecule is Cc1cc(C)n(-c2ccc(C(=O)NC[C@H](c3ccco3)[NH+]3CCCC3)cc2)n1. The molecule has 0 spiro atoms. The lowest BCUT2D eigenvalue weighted by molar-refractivity contribution is -0.919. The molecule has 0 radical (unpaired) electrons. The minimum Gasteiger partial charge on any atom is -0.463 e. The van der Waals surface area contributed by atoms with E-state index in [-0.39, 0.29) is 11.9 Å². The van der Waals surface area contributed by atoms with Crippen LogP contribution < -0.4 is 10.2 Å². The largest absolute Gasteiger partial charge is 0.463 e. The van der Waals surface area contributed by atoms with Crippen LogP contribution in [0.2, 0.25) is 0 Å². The molecule has 4 rings (SSSR count). The molecule has 1 aliphatic rings. The number of nitrogens with zero attached hydrogens (tertiary/aromatic N) is 2. The Kier molecular flexibility index (Phi) is 5.30. The van der Waals surface area contributed by atoms with Crippen LogP contribution in [-0.2, 0) is 0 Å². The smallest absolute Gasteiger partial charge is 0.251 e. The van der Waals surface area contributed by atoms with Crippen LogP contribution in [0.25, 0.3) is 5.69 Å². The average molecular weight is 379 g/mol. The molecule has 0 aliphatic carbocycles. The van der Waals surface area contributed by atoms with Crippen molar-refractivity contribution in [2.24, 2.45) is 0 Å². The van der Waals surface area contributed by atoms with Crippen molar-refractivity contribution >= 4 is 5.91 Å². The van der Waals surface area contributed by atoms with Crippen LogP contribution in [0.3, 0.4) is 0 Å². The van der Waals surface area contributed by atoms with Crippen molar-refractivity contribution in [2.45, 2.75) is 32.7 Å². The molecule has 1 fully saturated rings. The van der Waals surface area contributed by atoms with Gasteiger partial charge in [0.15, 0.2) is 11.8 Å². The van der Waals surface area contributed by atoms with E-state index >= 15 is 0 Å². The van der Waals surface area contributed by atoms with Crippen LogP contribution >= 0.6 is 0 Å². The highest BCUT2D eigenvalue weighted by Gasteiger charge is 2.29. The zero-order valence-electron chi connectivity index (χ0n) is 16.4. The maximum absolute atomic E-state index is 12.7. The predicted molar refractivity (Wildman–Crippen MR) is 107 cm³/mol. The van der Waals surface area contributed by atoms with Gasteiger partial charge < -0.3 is 14.6 Å². The summed E-state index contributed by atoms with van der Waals surface area (Å²) in [7, 11) is 0. The molecule has 1 amide bonds. The third kappa shape index (κ3) is 3.87. The number of hydrogen-bond donors (Lipinski definition) is 2. The maximum Gasteiger partial charge on any atom is 0.251 e. The molecule has 0 unspecified atom stereocenters. The van der Waals surface area contributed by atoms with Gasteiger partial charge in [0.1, 0.15) is 0 Å². The van der Waals surface area contributed by atoms with Gasteiger partial charge in [-0.15, -0.1) is 0 Å². The van der Waals surface area contributed by atoms with E-state index in [0.29, 0.717) is 12.1 Å². The van der Waals surface area contributed by atoms with Gasteiger partial charge in [0, 0.05) is 24.1 Å². The molecule has 1 atom stereocenters. The lowest BCUT2D eigenvalue weighted by atomic mass is 10.1. The molecule has 2 N–H and O–H groups in total. The van der Waals surface area contributed by atoms with Crippen molar-refractivity contribution in [3.8, 4) is 5.69 Å². The minimum absolute atomic E-state index is 0.0601. The Morgan fingerprint density at radius 3 is 2.57 bits per heavy atom. The van der Waals surface area contributed by atoms with E-state index in [1.807, 2.05) is 61.0 Å². The fourth-order valence-corrected chi connectivity index (χ4v) is 4.05. The van der Waals surface area contributed by atoms with Gasteiger partial charge in [-0.1, -0.05) is 0 Å². The molecule has 0 bridgehead atoms. The van der Waals surface area contributed by atoms with E-state index in [9.17, 15) is 4.79 Å². The van der Waals surface area contributed by atoms with Crippen molar-refractivity contribution in [1.82, 2.24) is 15.1 Å². The van der Waals surface area contributed by atoms with E-state index in [2.05, 4.69) is 10.4 Å². The summed E-state index contributed by atoms with van der Waals surface area (Å²) in [6.45, 7) is 6.82. The highest BCUT2D eigenvalue weighted by Crippen LogP contribution is 2.14. The molecular formula is C22H27N4O2+. The molecule has 1 aliphatic heterocycles. The zero-order chi connectivity index (χ0) is 19.5. The Morgan fingerprint density at radius 2 is 1.96 bits per heavy atom. The summed E-state index contributed by atoms with van der Waals surface area (Å²) >= 11 is 0. The summed E-state index contributed by atoms with van der Waals surface area (Å²) in [5, 5.41) is 7.59. The van der Waals surface area contributed by atoms with Gasteiger partial charge in [0.2, 0.25) is 0 Å². The van der Waals surface area contributed by atoms with Gasteiger partial charge in [-0.3, -0.25) is 4.79 Å². The second-order valence-corrected chi connectivity index (χ2v) is 7.53. The lowest BCUT2D eigenvalue weighted by Gasteiger charge is -2.23. The first-order chi connectivity index (χ1) is 13.6. The van der Waals surface area contributed by atoms with Gasteiger partial charge in [0.05, 0.1) is 37.3 Å². The van der Waals surface area contributed by atoms with E-state index in [4.69, 9.17) is 4.42 Å². The number of furan rings is 1. The number of nitrogens with one attached hydrogen (secondary N) is 2. The van der Waals surface area contributed by atoms with Gasteiger partial charge in [0.25, 0.3) is 5.91 Å². The van der Waals surface area contributed by atoms with Crippen LogP contribution in [0, 0.1) is 13.8 Å². The molecule has 3 heterocycles. The number of quaternary nitrogens is 1. The number of hydrogen-bond acceptors (Lipinski definition) is 3. The van der Waals surface area contributed by atoms with Crippen LogP contribution in [0.1, 0.15) is 46.4 Å². The van der Waals surface area contributed by atoms with Crippen LogP contribution in [0.4, 0.5) is 0 Å². The Morgan fingerprint density at radius 1 is 1.21 bits per heavy atom. The maximum atomic E-state index is 12.7. The number of amides is 1. The van der Waals surface area contributed by atoms with Crippen LogP contribution in [-0.4, -0.2) is 35.3 Å². The Hall–Kier alpha value is -2.86. The van der Waals surface area contributed by atoms with Crippen molar-refractivity contribution in [2.75, 3.05) is 19.6 Å². The zero-order valence-corrected chi connectivity index (χ0v) is 16.4. The molecular weight excluding hydrogens is 352 g/mol. The summed E-state index contributed by atoms with van der Waals surface area (Å²) in [4.78, 5) is 14.2. The molecule has 0 saturated carbocycles. The first-order valence-electron chi connectivity index (χ1n) is 9.92. The first kappa shape index (κ1) is 18.5. The van der Waals surface area contributed by atoms with Gasteiger partial charge >= 0.3 is 0 Å². The fourth-order valence-electron chi connectivity index (χ4n) is 4.05. The molecule has 1 saturated heterocycles. The lowest BCUT2D eigenvalue weighted by Crippen LogP contribution is -3.11. The van der Waals surface area contributed by atoms with Crippen molar-refractivity contribution in [1.29, 1.82) is 0 Å². The number of aryl methyl sites for hydroxylation is 2. The molecule has 6 nitrogen and oxygen atoms in total. The monoisotopic (exact) mass is 379 g/mol. The Bertz CT molecular complexity index is 922. The normalized spacial score (nSPS) is 15.6. The van der Waals surface area contributed by atoms with Crippen molar-refractivity contribution < 1.29 is 14.1 Å². The van der Waals surface area contributed by atoms with Crippen molar-refractivity contribution in [3.63, 3.8) is 0 Å². The number of carbonyl (C=O) groups is 1. The number of aromatic nitrogens is 2. The molecule has 3 aromatic rings. The molecule has 2 aromatic heterocycles. The third-order valence-corrected chi connectivity index (χ3v) is 5.48. The molecule has 6 heteroatoms. The van der Waals surface area contributed by atoms with Gasteiger partial charge in [-0.05, 0) is 56.3 Å². The summed E-state index contributed by atoms with van der Waals surface area (Å²) in [6.07, 6.45) is 4.17. The predicted octanol–water partition coefficient (Wildman–Crippen LogP) is 2.23. The van der Waals surface area contributed by atoms with Crippen molar-refractivity contribution in [3.05, 3.63) is 71.4 Å². The highest BCUT2D eigenvalue weighted by atomic mass is 16.3. The molecule has 146 valence electrons. The van der Waals surface area contributed by atoms with Gasteiger partial charge in [-0.25, -0.2) is 4.68 Å². The number of rotatable bonds is 6. The van der Waals surface area contributed by atoms with Crippen LogP contribution in [0.15, 0.2) is 53.1 Å². The second-order valence-electron chi connectivity index (χ2n) is 7.53. The average Bonchev–Trinajstić information content (AvgIpc) is 3.45. The number of carbonyl (C=O) groups excluding carboxylic acids is 1. The summed E-state index contributed by atoms with van der Waals surface area (Å²) in [5.74, 6) is 0.882. The highest BCUT2D eigenvalue weighted by molar-refractivity contribution is 5.94. The number of likely N-dealkylation sites (tertiary alicyclic amines) is 1. The standard InChI is InChI=1S/C22H26N4O2/c1-16-14-17(2)26(24-16)19-9-7-18(8-10-19)22(27)23-15-20(21-6-5-13-28-21)25-11-3-4-12-25/h5-10,13-14,20H,3-4,11-12,15H2,1-2H3,(H,23,27)/p+1/t20-/m1/s1. The van der Waals surface area contributed by atoms with E-state index in [1.165, 1.54) is 17.7 Å². The quantitative estimate of drug-likeness (QED) is 0.690. The Balaban J connectivity index is 1.43. The fraction of sp³-hybridized carbons (Fsp3) is 0.364. The van der Waals surface area contributed by atoms with E-state index in [1.54, 1.807) is 6.26 Å². The summed E-state index contributed by atoms with van der Waals surface area (Å²) < 4.78 is 7.53. The van der Waals surface area contributed by atoms with Crippen LogP contribution in [0.5, 0.6) is 0 Å². The number of benzene rings is 1. The van der Waals surface area contributed by atoms with Gasteiger partial charge in [-0.2, -0.15) is 5.10 Å². The first-order valence-corrected chi connectivity index (χ1v) is 9.92. The minimum atomic E-state index is -0.0601. The Labute approximate surface area is 165 Å². The van der Waals surface area contributed by atoms with E-state index < -0.39 is 0 Å². The second kappa shape index (κ2) is 8.02. The molecule has 28 heavy (non-hydrogen) atoms.